The summed E-state index contributed by atoms with van der Waals surface area (Å²) in [5.74, 6) is 0.0471. The van der Waals surface area contributed by atoms with Gasteiger partial charge in [-0.05, 0) is 36.8 Å². The average Bonchev–Trinajstić information content (AvgIpc) is 3.43. The Bertz CT molecular complexity index is 884. The number of benzene rings is 1. The molecule has 4 nitrogen and oxygen atoms in total. The van der Waals surface area contributed by atoms with Crippen molar-refractivity contribution in [2.45, 2.75) is 32.4 Å². The van der Waals surface area contributed by atoms with Gasteiger partial charge < -0.3 is 9.64 Å². The van der Waals surface area contributed by atoms with E-state index in [0.29, 0.717) is 13.1 Å². The summed E-state index contributed by atoms with van der Waals surface area (Å²) in [7, 11) is 0. The van der Waals surface area contributed by atoms with E-state index in [1.807, 2.05) is 41.5 Å². The molecule has 1 amide bonds. The SMILES string of the molecule is Cc1nc(-c2ccsc2)sc1C(=O)N(Cc1ccccc1)CC1CCCO1. The standard InChI is InChI=1S/C21H22N2O2S2/c1-15-19(27-20(22-15)17-9-11-26-14-17)21(24)23(13-18-8-5-10-25-18)12-16-6-3-2-4-7-16/h2-4,6-7,9,11,14,18H,5,8,10,12-13H2,1H3. The van der Waals surface area contributed by atoms with Gasteiger partial charge in [0.1, 0.15) is 9.88 Å². The second-order valence-corrected chi connectivity index (χ2v) is 8.53. The third-order valence-corrected chi connectivity index (χ3v) is 6.59. The minimum absolute atomic E-state index is 0.0471. The number of carbonyl (C=O) groups is 1. The fourth-order valence-electron chi connectivity index (χ4n) is 3.31. The van der Waals surface area contributed by atoms with E-state index in [9.17, 15) is 4.79 Å². The largest absolute Gasteiger partial charge is 0.376 e. The summed E-state index contributed by atoms with van der Waals surface area (Å²) in [4.78, 5) is 20.7. The Morgan fingerprint density at radius 3 is 2.85 bits per heavy atom. The molecule has 1 aromatic carbocycles. The lowest BCUT2D eigenvalue weighted by Crippen LogP contribution is -2.36. The van der Waals surface area contributed by atoms with Gasteiger partial charge in [0, 0.05) is 30.6 Å². The van der Waals surface area contributed by atoms with Crippen molar-refractivity contribution < 1.29 is 9.53 Å². The molecule has 3 heterocycles. The normalized spacial score (nSPS) is 16.6. The highest BCUT2D eigenvalue weighted by Crippen LogP contribution is 2.30. The highest BCUT2D eigenvalue weighted by Gasteiger charge is 2.26. The van der Waals surface area contributed by atoms with Gasteiger partial charge in [0.2, 0.25) is 0 Å². The number of rotatable bonds is 6. The fraction of sp³-hybridized carbons (Fsp3) is 0.333. The topological polar surface area (TPSA) is 42.4 Å². The zero-order chi connectivity index (χ0) is 18.6. The number of aromatic nitrogens is 1. The van der Waals surface area contributed by atoms with Crippen molar-refractivity contribution in [3.05, 3.63) is 63.3 Å². The third-order valence-electron chi connectivity index (χ3n) is 4.71. The van der Waals surface area contributed by atoms with E-state index in [2.05, 4.69) is 22.5 Å². The minimum atomic E-state index is 0.0471. The molecule has 1 saturated heterocycles. The summed E-state index contributed by atoms with van der Waals surface area (Å²) in [6.45, 7) is 3.93. The number of aryl methyl sites for hydroxylation is 1. The molecule has 27 heavy (non-hydrogen) atoms. The Kier molecular flexibility index (Phi) is 5.66. The maximum absolute atomic E-state index is 13.4. The van der Waals surface area contributed by atoms with Gasteiger partial charge in [0.25, 0.3) is 5.91 Å². The van der Waals surface area contributed by atoms with Gasteiger partial charge in [-0.1, -0.05) is 30.3 Å². The number of hydrogen-bond acceptors (Lipinski definition) is 5. The van der Waals surface area contributed by atoms with Crippen molar-refractivity contribution in [3.8, 4) is 10.6 Å². The monoisotopic (exact) mass is 398 g/mol. The predicted molar refractivity (Wildman–Crippen MR) is 110 cm³/mol. The van der Waals surface area contributed by atoms with Gasteiger partial charge in [-0.3, -0.25) is 4.79 Å². The number of amides is 1. The van der Waals surface area contributed by atoms with E-state index in [1.54, 1.807) is 11.3 Å². The van der Waals surface area contributed by atoms with Crippen LogP contribution in [0.3, 0.4) is 0 Å². The van der Waals surface area contributed by atoms with E-state index in [4.69, 9.17) is 4.74 Å². The minimum Gasteiger partial charge on any atom is -0.376 e. The molecule has 0 saturated carbocycles. The molecule has 4 rings (SSSR count). The first kappa shape index (κ1) is 18.3. The zero-order valence-electron chi connectivity index (χ0n) is 15.3. The first-order chi connectivity index (χ1) is 13.2. The van der Waals surface area contributed by atoms with Gasteiger partial charge in [-0.25, -0.2) is 4.98 Å². The molecule has 0 aliphatic carbocycles. The third kappa shape index (κ3) is 4.29. The number of thiophene rings is 1. The molecule has 0 N–H and O–H groups in total. The molecule has 6 heteroatoms. The highest BCUT2D eigenvalue weighted by atomic mass is 32.1. The van der Waals surface area contributed by atoms with Crippen LogP contribution in [0, 0.1) is 6.92 Å². The van der Waals surface area contributed by atoms with Crippen molar-refractivity contribution in [1.82, 2.24) is 9.88 Å². The van der Waals surface area contributed by atoms with E-state index in [1.165, 1.54) is 11.3 Å². The molecule has 0 radical (unpaired) electrons. The van der Waals surface area contributed by atoms with Crippen LogP contribution >= 0.6 is 22.7 Å². The van der Waals surface area contributed by atoms with Gasteiger partial charge in [-0.15, -0.1) is 11.3 Å². The summed E-state index contributed by atoms with van der Waals surface area (Å²) in [5, 5.41) is 5.02. The van der Waals surface area contributed by atoms with Crippen molar-refractivity contribution >= 4 is 28.6 Å². The van der Waals surface area contributed by atoms with Crippen LogP contribution in [-0.2, 0) is 11.3 Å². The van der Waals surface area contributed by atoms with E-state index in [0.717, 1.165) is 46.2 Å². The lowest BCUT2D eigenvalue weighted by atomic mass is 10.1. The molecule has 1 aliphatic rings. The smallest absolute Gasteiger partial charge is 0.266 e. The van der Waals surface area contributed by atoms with E-state index in [-0.39, 0.29) is 12.0 Å². The van der Waals surface area contributed by atoms with Crippen LogP contribution < -0.4 is 0 Å². The van der Waals surface area contributed by atoms with Crippen LogP contribution in [0.4, 0.5) is 0 Å². The molecule has 0 bridgehead atoms. The molecule has 0 spiro atoms. The Hall–Kier alpha value is -2.02. The summed E-state index contributed by atoms with van der Waals surface area (Å²) in [6, 6.07) is 12.2. The lowest BCUT2D eigenvalue weighted by molar-refractivity contribution is 0.0510. The number of hydrogen-bond donors (Lipinski definition) is 0. The maximum atomic E-state index is 13.4. The Morgan fingerprint density at radius 2 is 2.15 bits per heavy atom. The molecule has 3 aromatic rings. The van der Waals surface area contributed by atoms with Crippen LogP contribution in [0.1, 0.15) is 33.8 Å². The van der Waals surface area contributed by atoms with Gasteiger partial charge in [-0.2, -0.15) is 11.3 Å². The Labute approximate surface area is 167 Å². The number of nitrogens with zero attached hydrogens (tertiary/aromatic N) is 2. The lowest BCUT2D eigenvalue weighted by Gasteiger charge is -2.25. The van der Waals surface area contributed by atoms with Crippen LogP contribution in [0.5, 0.6) is 0 Å². The van der Waals surface area contributed by atoms with E-state index < -0.39 is 0 Å². The van der Waals surface area contributed by atoms with Gasteiger partial charge in [0.05, 0.1) is 11.8 Å². The average molecular weight is 399 g/mol. The molecule has 2 aromatic heterocycles. The summed E-state index contributed by atoms with van der Waals surface area (Å²) >= 11 is 3.13. The van der Waals surface area contributed by atoms with Crippen LogP contribution in [0.2, 0.25) is 0 Å². The van der Waals surface area contributed by atoms with Crippen LogP contribution in [0.25, 0.3) is 10.6 Å². The first-order valence-corrected chi connectivity index (χ1v) is 10.9. The Morgan fingerprint density at radius 1 is 1.30 bits per heavy atom. The second kappa shape index (κ2) is 8.33. The second-order valence-electron chi connectivity index (χ2n) is 6.75. The summed E-state index contributed by atoms with van der Waals surface area (Å²) < 4.78 is 5.80. The number of thiazole rings is 1. The Balaban J connectivity index is 1.59. The zero-order valence-corrected chi connectivity index (χ0v) is 16.9. The van der Waals surface area contributed by atoms with Crippen molar-refractivity contribution in [2.75, 3.05) is 13.2 Å². The molecular formula is C21H22N2O2S2. The van der Waals surface area contributed by atoms with Crippen molar-refractivity contribution in [2.24, 2.45) is 0 Å². The summed E-state index contributed by atoms with van der Waals surface area (Å²) in [5.41, 5.74) is 3.02. The number of ether oxygens (including phenoxy) is 1. The first-order valence-electron chi connectivity index (χ1n) is 9.15. The van der Waals surface area contributed by atoms with Gasteiger partial charge >= 0.3 is 0 Å². The molecule has 1 atom stereocenters. The van der Waals surface area contributed by atoms with Gasteiger partial charge in [0.15, 0.2) is 0 Å². The molecule has 140 valence electrons. The maximum Gasteiger partial charge on any atom is 0.266 e. The quantitative estimate of drug-likeness (QED) is 0.587. The van der Waals surface area contributed by atoms with Crippen molar-refractivity contribution in [1.29, 1.82) is 0 Å². The van der Waals surface area contributed by atoms with Crippen molar-refractivity contribution in [3.63, 3.8) is 0 Å². The van der Waals surface area contributed by atoms with Crippen LogP contribution in [0.15, 0.2) is 47.2 Å². The number of carbonyl (C=O) groups excluding carboxylic acids is 1. The fourth-order valence-corrected chi connectivity index (χ4v) is 5.05. The highest BCUT2D eigenvalue weighted by molar-refractivity contribution is 7.17. The molecule has 1 unspecified atom stereocenters. The summed E-state index contributed by atoms with van der Waals surface area (Å²) in [6.07, 6.45) is 2.21. The van der Waals surface area contributed by atoms with E-state index >= 15 is 0 Å². The predicted octanol–water partition coefficient (Wildman–Crippen LogP) is 5.00. The van der Waals surface area contributed by atoms with Crippen LogP contribution in [-0.4, -0.2) is 35.0 Å². The molecule has 1 aliphatic heterocycles. The molecule has 1 fully saturated rings. The molecular weight excluding hydrogens is 376 g/mol.